The van der Waals surface area contributed by atoms with E-state index in [0.717, 1.165) is 12.8 Å². The SMILES string of the molecule is CO/C=C/C1C2CCC(O2)C1COC(=O)OC(C)C. The molecule has 0 amide bonds. The highest BCUT2D eigenvalue weighted by atomic mass is 16.7. The van der Waals surface area contributed by atoms with Crippen LogP contribution < -0.4 is 0 Å². The molecule has 108 valence electrons. The van der Waals surface area contributed by atoms with Crippen molar-refractivity contribution in [3.05, 3.63) is 12.3 Å². The molecule has 2 bridgehead atoms. The summed E-state index contributed by atoms with van der Waals surface area (Å²) in [5.74, 6) is 0.454. The predicted octanol–water partition coefficient (Wildman–Crippen LogP) is 2.50. The molecule has 2 rings (SSSR count). The maximum absolute atomic E-state index is 11.4. The minimum atomic E-state index is -0.604. The van der Waals surface area contributed by atoms with Gasteiger partial charge in [-0.15, -0.1) is 0 Å². The van der Waals surface area contributed by atoms with Gasteiger partial charge in [0.05, 0.1) is 31.7 Å². The molecule has 2 saturated heterocycles. The number of fused-ring (bicyclic) bond motifs is 2. The number of ether oxygens (including phenoxy) is 4. The van der Waals surface area contributed by atoms with Crippen molar-refractivity contribution >= 4 is 6.16 Å². The molecule has 0 aromatic rings. The molecule has 0 aromatic heterocycles. The molecular weight excluding hydrogens is 248 g/mol. The molecule has 19 heavy (non-hydrogen) atoms. The van der Waals surface area contributed by atoms with E-state index in [-0.39, 0.29) is 30.1 Å². The van der Waals surface area contributed by atoms with E-state index in [4.69, 9.17) is 18.9 Å². The smallest absolute Gasteiger partial charge is 0.505 e. The molecule has 5 heteroatoms. The van der Waals surface area contributed by atoms with E-state index >= 15 is 0 Å². The Bertz CT molecular complexity index is 339. The van der Waals surface area contributed by atoms with Crippen LogP contribution in [0, 0.1) is 11.8 Å². The minimum absolute atomic E-state index is 0.159. The number of hydrogen-bond donors (Lipinski definition) is 0. The number of hydrogen-bond acceptors (Lipinski definition) is 5. The molecule has 4 unspecified atom stereocenters. The molecule has 0 aliphatic carbocycles. The minimum Gasteiger partial charge on any atom is -0.505 e. The monoisotopic (exact) mass is 270 g/mol. The molecule has 0 spiro atoms. The van der Waals surface area contributed by atoms with E-state index < -0.39 is 6.16 Å². The number of carbonyl (C=O) groups is 1. The van der Waals surface area contributed by atoms with Crippen molar-refractivity contribution in [2.45, 2.75) is 45.0 Å². The fourth-order valence-corrected chi connectivity index (χ4v) is 2.86. The first-order valence-corrected chi connectivity index (χ1v) is 6.80. The summed E-state index contributed by atoms with van der Waals surface area (Å²) in [5, 5.41) is 0. The number of rotatable bonds is 5. The second-order valence-electron chi connectivity index (χ2n) is 5.32. The maximum Gasteiger partial charge on any atom is 0.508 e. The van der Waals surface area contributed by atoms with Crippen LogP contribution in [0.2, 0.25) is 0 Å². The van der Waals surface area contributed by atoms with Crippen LogP contribution in [0.5, 0.6) is 0 Å². The Hall–Kier alpha value is -1.23. The van der Waals surface area contributed by atoms with Gasteiger partial charge >= 0.3 is 6.16 Å². The Kier molecular flexibility index (Phi) is 4.69. The van der Waals surface area contributed by atoms with Crippen LogP contribution >= 0.6 is 0 Å². The summed E-state index contributed by atoms with van der Waals surface area (Å²) in [4.78, 5) is 11.4. The van der Waals surface area contributed by atoms with E-state index in [1.165, 1.54) is 0 Å². The van der Waals surface area contributed by atoms with E-state index in [1.807, 2.05) is 6.08 Å². The third kappa shape index (κ3) is 3.41. The zero-order valence-corrected chi connectivity index (χ0v) is 11.7. The average Bonchev–Trinajstić information content (AvgIpc) is 2.93. The van der Waals surface area contributed by atoms with E-state index in [0.29, 0.717) is 6.61 Å². The fourth-order valence-electron chi connectivity index (χ4n) is 2.86. The van der Waals surface area contributed by atoms with Gasteiger partial charge in [0, 0.05) is 11.8 Å². The van der Waals surface area contributed by atoms with Gasteiger partial charge in [-0.3, -0.25) is 0 Å². The van der Waals surface area contributed by atoms with Gasteiger partial charge in [-0.25, -0.2) is 4.79 Å². The summed E-state index contributed by atoms with van der Waals surface area (Å²) in [6.45, 7) is 3.93. The molecule has 5 nitrogen and oxygen atoms in total. The van der Waals surface area contributed by atoms with Gasteiger partial charge in [-0.05, 0) is 32.8 Å². The van der Waals surface area contributed by atoms with Gasteiger partial charge in [-0.2, -0.15) is 0 Å². The maximum atomic E-state index is 11.4. The van der Waals surface area contributed by atoms with E-state index in [9.17, 15) is 4.79 Å². The first kappa shape index (κ1) is 14.2. The lowest BCUT2D eigenvalue weighted by Gasteiger charge is -2.25. The van der Waals surface area contributed by atoms with Crippen molar-refractivity contribution in [2.24, 2.45) is 11.8 Å². The quantitative estimate of drug-likeness (QED) is 0.567. The van der Waals surface area contributed by atoms with Crippen LogP contribution in [0.3, 0.4) is 0 Å². The van der Waals surface area contributed by atoms with Crippen LogP contribution in [-0.4, -0.2) is 38.2 Å². The molecule has 0 saturated carbocycles. The third-order valence-electron chi connectivity index (χ3n) is 3.65. The highest BCUT2D eigenvalue weighted by Crippen LogP contribution is 2.44. The average molecular weight is 270 g/mol. The first-order valence-electron chi connectivity index (χ1n) is 6.80. The molecule has 0 aromatic carbocycles. The summed E-state index contributed by atoms with van der Waals surface area (Å²) in [6.07, 6.45) is 5.43. The van der Waals surface area contributed by atoms with E-state index in [1.54, 1.807) is 27.2 Å². The Balaban J connectivity index is 1.87. The largest absolute Gasteiger partial charge is 0.508 e. The number of methoxy groups -OCH3 is 1. The topological polar surface area (TPSA) is 54.0 Å². The normalized spacial score (nSPS) is 33.1. The molecule has 2 heterocycles. The zero-order valence-electron chi connectivity index (χ0n) is 11.7. The molecule has 0 radical (unpaired) electrons. The Labute approximate surface area is 113 Å². The van der Waals surface area contributed by atoms with Crippen molar-refractivity contribution in [3.63, 3.8) is 0 Å². The standard InChI is InChI=1S/C14H22O5/c1-9(2)18-14(15)17-8-11-10(6-7-16-3)12-4-5-13(11)19-12/h6-7,9-13H,4-5,8H2,1-3H3/b7-6+. The highest BCUT2D eigenvalue weighted by Gasteiger charge is 2.48. The second kappa shape index (κ2) is 6.28. The van der Waals surface area contributed by atoms with Crippen molar-refractivity contribution in [3.8, 4) is 0 Å². The molecular formula is C14H22O5. The third-order valence-corrected chi connectivity index (χ3v) is 3.65. The lowest BCUT2D eigenvalue weighted by Crippen LogP contribution is -2.31. The van der Waals surface area contributed by atoms with Gasteiger partial charge in [0.15, 0.2) is 0 Å². The highest BCUT2D eigenvalue weighted by molar-refractivity contribution is 5.60. The Morgan fingerprint density at radius 1 is 1.37 bits per heavy atom. The lowest BCUT2D eigenvalue weighted by molar-refractivity contribution is 0.0142. The summed E-state index contributed by atoms with van der Waals surface area (Å²) in [7, 11) is 1.62. The molecule has 2 aliphatic heterocycles. The molecule has 0 N–H and O–H groups in total. The first-order chi connectivity index (χ1) is 9.11. The Morgan fingerprint density at radius 2 is 2.11 bits per heavy atom. The van der Waals surface area contributed by atoms with Crippen molar-refractivity contribution in [1.29, 1.82) is 0 Å². The summed E-state index contributed by atoms with van der Waals surface area (Å²) >= 11 is 0. The predicted molar refractivity (Wildman–Crippen MR) is 68.6 cm³/mol. The molecule has 2 aliphatic rings. The number of carbonyl (C=O) groups excluding carboxylic acids is 1. The lowest BCUT2D eigenvalue weighted by atomic mass is 9.80. The van der Waals surface area contributed by atoms with Gasteiger partial charge in [0.1, 0.15) is 6.61 Å². The second-order valence-corrected chi connectivity index (χ2v) is 5.32. The van der Waals surface area contributed by atoms with Crippen LogP contribution in [0.25, 0.3) is 0 Å². The van der Waals surface area contributed by atoms with Crippen molar-refractivity contribution in [1.82, 2.24) is 0 Å². The fraction of sp³-hybridized carbons (Fsp3) is 0.786. The summed E-state index contributed by atoms with van der Waals surface area (Å²) in [5.41, 5.74) is 0. The van der Waals surface area contributed by atoms with E-state index in [2.05, 4.69) is 0 Å². The molecule has 2 fully saturated rings. The zero-order chi connectivity index (χ0) is 13.8. The van der Waals surface area contributed by atoms with Crippen LogP contribution in [-0.2, 0) is 18.9 Å². The van der Waals surface area contributed by atoms with Gasteiger partial charge in [-0.1, -0.05) is 0 Å². The van der Waals surface area contributed by atoms with Gasteiger partial charge in [0.25, 0.3) is 0 Å². The van der Waals surface area contributed by atoms with Crippen LogP contribution in [0.15, 0.2) is 12.3 Å². The van der Waals surface area contributed by atoms with Crippen LogP contribution in [0.1, 0.15) is 26.7 Å². The van der Waals surface area contributed by atoms with Gasteiger partial charge < -0.3 is 18.9 Å². The van der Waals surface area contributed by atoms with Gasteiger partial charge in [0.2, 0.25) is 0 Å². The summed E-state index contributed by atoms with van der Waals surface area (Å²) in [6, 6.07) is 0. The molecule has 4 atom stereocenters. The van der Waals surface area contributed by atoms with Crippen LogP contribution in [0.4, 0.5) is 4.79 Å². The summed E-state index contributed by atoms with van der Waals surface area (Å²) < 4.78 is 21.0. The Morgan fingerprint density at radius 3 is 2.79 bits per heavy atom. The van der Waals surface area contributed by atoms with Crippen molar-refractivity contribution < 1.29 is 23.7 Å². The van der Waals surface area contributed by atoms with Crippen molar-refractivity contribution in [2.75, 3.05) is 13.7 Å².